The van der Waals surface area contributed by atoms with E-state index in [1.807, 2.05) is 0 Å². The Morgan fingerprint density at radius 3 is 2.93 bits per heavy atom. The lowest BCUT2D eigenvalue weighted by atomic mass is 9.82. The number of carbonyl (C=O) groups excluding carboxylic acids is 1. The van der Waals surface area contributed by atoms with E-state index in [4.69, 9.17) is 4.74 Å². The normalized spacial score (nSPS) is 25.5. The fourth-order valence-electron chi connectivity index (χ4n) is 1.97. The van der Waals surface area contributed by atoms with Crippen molar-refractivity contribution in [2.45, 2.75) is 39.0 Å². The number of carbonyl (C=O) groups is 1. The molecule has 86 valence electrons. The molecule has 1 N–H and O–H groups in total. The van der Waals surface area contributed by atoms with E-state index in [-0.39, 0.29) is 11.5 Å². The molecule has 1 rings (SSSR count). The summed E-state index contributed by atoms with van der Waals surface area (Å²) >= 11 is 0. The SMILES string of the molecule is CCC1CCC(=O)C(=C(O)CCOC)C1. The summed E-state index contributed by atoms with van der Waals surface area (Å²) in [5.74, 6) is 0.913. The molecular formula is C12H20O3. The topological polar surface area (TPSA) is 46.5 Å². The van der Waals surface area contributed by atoms with Crippen molar-refractivity contribution in [2.24, 2.45) is 5.92 Å². The van der Waals surface area contributed by atoms with Gasteiger partial charge < -0.3 is 9.84 Å². The highest BCUT2D eigenvalue weighted by Gasteiger charge is 2.24. The van der Waals surface area contributed by atoms with Crippen LogP contribution in [0.15, 0.2) is 11.3 Å². The van der Waals surface area contributed by atoms with Gasteiger partial charge in [-0.3, -0.25) is 4.79 Å². The van der Waals surface area contributed by atoms with Gasteiger partial charge in [0.15, 0.2) is 5.78 Å². The van der Waals surface area contributed by atoms with E-state index in [9.17, 15) is 9.90 Å². The van der Waals surface area contributed by atoms with Crippen molar-refractivity contribution in [1.82, 2.24) is 0 Å². The summed E-state index contributed by atoms with van der Waals surface area (Å²) in [5, 5.41) is 9.77. The molecule has 0 heterocycles. The lowest BCUT2D eigenvalue weighted by molar-refractivity contribution is -0.117. The van der Waals surface area contributed by atoms with Crippen molar-refractivity contribution in [3.63, 3.8) is 0 Å². The van der Waals surface area contributed by atoms with E-state index in [0.29, 0.717) is 30.9 Å². The predicted octanol–water partition coefficient (Wildman–Crippen LogP) is 2.61. The molecule has 1 atom stereocenters. The first-order valence-electron chi connectivity index (χ1n) is 5.62. The van der Waals surface area contributed by atoms with Crippen LogP contribution in [0.5, 0.6) is 0 Å². The molecule has 0 aromatic heterocycles. The third kappa shape index (κ3) is 3.34. The molecule has 1 fully saturated rings. The summed E-state index contributed by atoms with van der Waals surface area (Å²) in [5.41, 5.74) is 0.644. The van der Waals surface area contributed by atoms with Gasteiger partial charge in [0.2, 0.25) is 0 Å². The molecule has 0 aliphatic heterocycles. The average molecular weight is 212 g/mol. The van der Waals surface area contributed by atoms with Gasteiger partial charge in [-0.15, -0.1) is 0 Å². The zero-order valence-electron chi connectivity index (χ0n) is 9.58. The Morgan fingerprint density at radius 2 is 2.33 bits per heavy atom. The van der Waals surface area contributed by atoms with Crippen LogP contribution in [0, 0.1) is 5.92 Å². The lowest BCUT2D eigenvalue weighted by Crippen LogP contribution is -2.18. The highest BCUT2D eigenvalue weighted by molar-refractivity contribution is 5.96. The Morgan fingerprint density at radius 1 is 1.60 bits per heavy atom. The largest absolute Gasteiger partial charge is 0.512 e. The van der Waals surface area contributed by atoms with Gasteiger partial charge in [0.25, 0.3) is 0 Å². The van der Waals surface area contributed by atoms with Crippen LogP contribution < -0.4 is 0 Å². The first-order chi connectivity index (χ1) is 7.19. The molecule has 15 heavy (non-hydrogen) atoms. The highest BCUT2D eigenvalue weighted by atomic mass is 16.5. The molecule has 1 unspecified atom stereocenters. The molecule has 3 nitrogen and oxygen atoms in total. The molecule has 0 radical (unpaired) electrons. The lowest BCUT2D eigenvalue weighted by Gasteiger charge is -2.22. The summed E-state index contributed by atoms with van der Waals surface area (Å²) in [6.07, 6.45) is 3.83. The third-order valence-corrected chi connectivity index (χ3v) is 3.08. The summed E-state index contributed by atoms with van der Waals surface area (Å²) in [6.45, 7) is 2.60. The van der Waals surface area contributed by atoms with Crippen LogP contribution in [-0.4, -0.2) is 24.6 Å². The second-order valence-corrected chi connectivity index (χ2v) is 4.11. The Hall–Kier alpha value is -0.830. The van der Waals surface area contributed by atoms with Crippen LogP contribution in [0.1, 0.15) is 39.0 Å². The molecule has 0 saturated heterocycles. The maximum absolute atomic E-state index is 11.6. The average Bonchev–Trinajstić information content (AvgIpc) is 2.26. The van der Waals surface area contributed by atoms with Crippen LogP contribution in [0.3, 0.4) is 0 Å². The predicted molar refractivity (Wildman–Crippen MR) is 58.8 cm³/mol. The van der Waals surface area contributed by atoms with Gasteiger partial charge in [-0.1, -0.05) is 13.3 Å². The van der Waals surface area contributed by atoms with E-state index >= 15 is 0 Å². The van der Waals surface area contributed by atoms with E-state index in [2.05, 4.69) is 6.92 Å². The van der Waals surface area contributed by atoms with Crippen molar-refractivity contribution in [3.8, 4) is 0 Å². The summed E-state index contributed by atoms with van der Waals surface area (Å²) < 4.78 is 4.89. The van der Waals surface area contributed by atoms with Gasteiger partial charge in [-0.05, 0) is 18.8 Å². The van der Waals surface area contributed by atoms with Crippen molar-refractivity contribution >= 4 is 5.78 Å². The number of aliphatic hydroxyl groups is 1. The molecule has 1 saturated carbocycles. The van der Waals surface area contributed by atoms with Crippen molar-refractivity contribution in [2.75, 3.05) is 13.7 Å². The molecule has 0 bridgehead atoms. The molecule has 0 spiro atoms. The van der Waals surface area contributed by atoms with Crippen molar-refractivity contribution in [3.05, 3.63) is 11.3 Å². The minimum Gasteiger partial charge on any atom is -0.512 e. The van der Waals surface area contributed by atoms with E-state index < -0.39 is 0 Å². The number of aliphatic hydroxyl groups excluding tert-OH is 1. The Bertz CT molecular complexity index is 256. The number of methoxy groups -OCH3 is 1. The van der Waals surface area contributed by atoms with Gasteiger partial charge in [0.1, 0.15) is 5.76 Å². The second kappa shape index (κ2) is 5.91. The Balaban J connectivity index is 2.66. The number of rotatable bonds is 4. The fourth-order valence-corrected chi connectivity index (χ4v) is 1.97. The van der Waals surface area contributed by atoms with Gasteiger partial charge in [-0.2, -0.15) is 0 Å². The maximum atomic E-state index is 11.6. The van der Waals surface area contributed by atoms with Crippen molar-refractivity contribution in [1.29, 1.82) is 0 Å². The third-order valence-electron chi connectivity index (χ3n) is 3.08. The van der Waals surface area contributed by atoms with Gasteiger partial charge in [-0.25, -0.2) is 0 Å². The fraction of sp³-hybridized carbons (Fsp3) is 0.750. The first kappa shape index (κ1) is 12.2. The van der Waals surface area contributed by atoms with Crippen LogP contribution in [0.2, 0.25) is 0 Å². The minimum atomic E-state index is 0.119. The Labute approximate surface area is 91.1 Å². The minimum absolute atomic E-state index is 0.119. The molecule has 1 aliphatic carbocycles. The van der Waals surface area contributed by atoms with Gasteiger partial charge in [0.05, 0.1) is 6.61 Å². The van der Waals surface area contributed by atoms with Gasteiger partial charge in [0, 0.05) is 25.5 Å². The number of ketones is 1. The second-order valence-electron chi connectivity index (χ2n) is 4.11. The number of allylic oxidation sites excluding steroid dienone is 1. The van der Waals surface area contributed by atoms with Crippen LogP contribution >= 0.6 is 0 Å². The maximum Gasteiger partial charge on any atom is 0.162 e. The quantitative estimate of drug-likeness (QED) is 0.575. The zero-order chi connectivity index (χ0) is 11.3. The molecule has 1 aliphatic rings. The molecule has 0 aromatic rings. The summed E-state index contributed by atoms with van der Waals surface area (Å²) in [7, 11) is 1.59. The number of hydrogen-bond acceptors (Lipinski definition) is 3. The van der Waals surface area contributed by atoms with Crippen LogP contribution in [0.25, 0.3) is 0 Å². The molecular weight excluding hydrogens is 192 g/mol. The van der Waals surface area contributed by atoms with Crippen LogP contribution in [0.4, 0.5) is 0 Å². The number of ether oxygens (including phenoxy) is 1. The van der Waals surface area contributed by atoms with E-state index in [0.717, 1.165) is 19.3 Å². The zero-order valence-corrected chi connectivity index (χ0v) is 9.58. The number of hydrogen-bond donors (Lipinski definition) is 1. The smallest absolute Gasteiger partial charge is 0.162 e. The van der Waals surface area contributed by atoms with E-state index in [1.54, 1.807) is 7.11 Å². The van der Waals surface area contributed by atoms with Crippen LogP contribution in [-0.2, 0) is 9.53 Å². The standard InChI is InChI=1S/C12H20O3/c1-3-9-4-5-11(13)10(8-9)12(14)6-7-15-2/h9,14H,3-8H2,1-2H3. The first-order valence-corrected chi connectivity index (χ1v) is 5.62. The Kier molecular flexibility index (Phi) is 4.82. The van der Waals surface area contributed by atoms with Gasteiger partial charge >= 0.3 is 0 Å². The molecule has 3 heteroatoms. The monoisotopic (exact) mass is 212 g/mol. The summed E-state index contributed by atoms with van der Waals surface area (Å²) in [4.78, 5) is 11.6. The molecule has 0 aromatic carbocycles. The van der Waals surface area contributed by atoms with E-state index in [1.165, 1.54) is 0 Å². The van der Waals surface area contributed by atoms with Crippen molar-refractivity contribution < 1.29 is 14.6 Å². The highest BCUT2D eigenvalue weighted by Crippen LogP contribution is 2.30. The molecule has 0 amide bonds. The number of Topliss-reactive ketones (excluding diaryl/α,β-unsaturated/α-hetero) is 1. The summed E-state index contributed by atoms with van der Waals surface area (Å²) in [6, 6.07) is 0.